The fraction of sp³-hybridized carbons (Fsp3) is 0.867. The van der Waals surface area contributed by atoms with E-state index in [0.717, 1.165) is 19.1 Å². The Balaban J connectivity index is 2.16. The van der Waals surface area contributed by atoms with Crippen LogP contribution in [0.1, 0.15) is 52.4 Å². The molecular formula is C15H30N2. The van der Waals surface area contributed by atoms with E-state index in [4.69, 9.17) is 0 Å². The van der Waals surface area contributed by atoms with E-state index in [2.05, 4.69) is 30.6 Å². The first-order valence-corrected chi connectivity index (χ1v) is 7.38. The van der Waals surface area contributed by atoms with Crippen LogP contribution in [0.3, 0.4) is 0 Å². The highest BCUT2D eigenvalue weighted by Gasteiger charge is 2.20. The zero-order valence-electron chi connectivity index (χ0n) is 11.8. The number of unbranched alkanes of at least 4 members (excludes halogenated alkanes) is 2. The van der Waals surface area contributed by atoms with Crippen molar-refractivity contribution in [2.75, 3.05) is 26.2 Å². The summed E-state index contributed by atoms with van der Waals surface area (Å²) < 4.78 is 0. The minimum Gasteiger partial charge on any atom is -0.310 e. The molecule has 0 aliphatic heterocycles. The van der Waals surface area contributed by atoms with Gasteiger partial charge < -0.3 is 5.32 Å². The highest BCUT2D eigenvalue weighted by atomic mass is 15.1. The summed E-state index contributed by atoms with van der Waals surface area (Å²) in [5, 5.41) is 3.55. The minimum atomic E-state index is 0.798. The van der Waals surface area contributed by atoms with E-state index in [-0.39, 0.29) is 0 Å². The minimum absolute atomic E-state index is 0.798. The predicted octanol–water partition coefficient (Wildman–Crippen LogP) is 3.20. The van der Waals surface area contributed by atoms with Crippen molar-refractivity contribution in [3.63, 3.8) is 0 Å². The van der Waals surface area contributed by atoms with Gasteiger partial charge in [-0.2, -0.15) is 0 Å². The van der Waals surface area contributed by atoms with Gasteiger partial charge in [-0.05, 0) is 44.3 Å². The monoisotopic (exact) mass is 238 g/mol. The molecule has 0 aromatic heterocycles. The number of rotatable bonds is 11. The van der Waals surface area contributed by atoms with Crippen LogP contribution in [0.2, 0.25) is 0 Å². The number of hydrogen-bond acceptors (Lipinski definition) is 2. The Hall–Kier alpha value is -0.340. The Kier molecular flexibility index (Phi) is 7.54. The lowest BCUT2D eigenvalue weighted by Crippen LogP contribution is -2.31. The van der Waals surface area contributed by atoms with E-state index < -0.39 is 0 Å². The maximum atomic E-state index is 4.21. The molecule has 1 fully saturated rings. The highest BCUT2D eigenvalue weighted by molar-refractivity contribution is 5.01. The van der Waals surface area contributed by atoms with Crippen LogP contribution in [0, 0.1) is 0 Å². The molecule has 2 heteroatoms. The Bertz CT molecular complexity index is 201. The summed E-state index contributed by atoms with van der Waals surface area (Å²) in [5.74, 6) is 0. The van der Waals surface area contributed by atoms with Gasteiger partial charge in [0.25, 0.3) is 0 Å². The molecule has 1 aliphatic rings. The van der Waals surface area contributed by atoms with E-state index in [1.165, 1.54) is 57.2 Å². The second kappa shape index (κ2) is 8.71. The summed E-state index contributed by atoms with van der Waals surface area (Å²) in [6.07, 6.45) is 7.93. The Morgan fingerprint density at radius 2 is 1.76 bits per heavy atom. The molecule has 1 aliphatic carbocycles. The number of nitrogens with one attached hydrogen (secondary N) is 1. The number of nitrogens with zero attached hydrogens (tertiary/aromatic N) is 1. The van der Waals surface area contributed by atoms with Crippen LogP contribution in [0.4, 0.5) is 0 Å². The van der Waals surface area contributed by atoms with Crippen molar-refractivity contribution in [2.45, 2.75) is 58.4 Å². The van der Waals surface area contributed by atoms with Gasteiger partial charge in [-0.15, -0.1) is 0 Å². The first-order chi connectivity index (χ1) is 8.26. The molecule has 0 aromatic rings. The van der Waals surface area contributed by atoms with Crippen LogP contribution in [0.25, 0.3) is 0 Å². The molecule has 1 rings (SSSR count). The average Bonchev–Trinajstić information content (AvgIpc) is 3.14. The van der Waals surface area contributed by atoms with Gasteiger partial charge in [0.2, 0.25) is 0 Å². The zero-order chi connectivity index (χ0) is 12.5. The topological polar surface area (TPSA) is 15.3 Å². The van der Waals surface area contributed by atoms with E-state index >= 15 is 0 Å². The summed E-state index contributed by atoms with van der Waals surface area (Å²) in [4.78, 5) is 2.57. The first kappa shape index (κ1) is 14.7. The molecule has 0 radical (unpaired) electrons. The van der Waals surface area contributed by atoms with Gasteiger partial charge in [-0.25, -0.2) is 0 Å². The summed E-state index contributed by atoms with van der Waals surface area (Å²) in [6.45, 7) is 13.3. The second-order valence-electron chi connectivity index (χ2n) is 5.39. The highest BCUT2D eigenvalue weighted by Crippen LogP contribution is 2.18. The fourth-order valence-electron chi connectivity index (χ4n) is 1.98. The van der Waals surface area contributed by atoms with Crippen molar-refractivity contribution >= 4 is 0 Å². The van der Waals surface area contributed by atoms with Crippen LogP contribution in [0.15, 0.2) is 12.2 Å². The van der Waals surface area contributed by atoms with Gasteiger partial charge in [-0.3, -0.25) is 4.90 Å². The molecule has 0 bridgehead atoms. The summed E-state index contributed by atoms with van der Waals surface area (Å²) in [7, 11) is 0. The molecule has 0 aromatic carbocycles. The van der Waals surface area contributed by atoms with Crippen molar-refractivity contribution in [3.05, 3.63) is 12.2 Å². The Morgan fingerprint density at radius 1 is 1.18 bits per heavy atom. The molecule has 1 saturated carbocycles. The quantitative estimate of drug-likeness (QED) is 0.556. The lowest BCUT2D eigenvalue weighted by molar-refractivity contribution is 0.284. The normalized spacial score (nSPS) is 15.5. The van der Waals surface area contributed by atoms with Crippen molar-refractivity contribution in [3.8, 4) is 0 Å². The maximum absolute atomic E-state index is 4.21. The van der Waals surface area contributed by atoms with Crippen molar-refractivity contribution in [2.24, 2.45) is 0 Å². The third-order valence-electron chi connectivity index (χ3n) is 3.32. The first-order valence-electron chi connectivity index (χ1n) is 7.38. The molecule has 17 heavy (non-hydrogen) atoms. The van der Waals surface area contributed by atoms with Gasteiger partial charge >= 0.3 is 0 Å². The fourth-order valence-corrected chi connectivity index (χ4v) is 1.98. The van der Waals surface area contributed by atoms with Gasteiger partial charge in [0.15, 0.2) is 0 Å². The standard InChI is InChI=1S/C15H30N2/c1-4-6-10-17(11-7-5-2)13-14(3)12-16-15-8-9-15/h15-16H,3-13H2,1-2H3. The third-order valence-corrected chi connectivity index (χ3v) is 3.32. The molecule has 100 valence electrons. The lowest BCUT2D eigenvalue weighted by Gasteiger charge is -2.23. The Labute approximate surface area is 107 Å². The third kappa shape index (κ3) is 7.56. The maximum Gasteiger partial charge on any atom is 0.0202 e. The van der Waals surface area contributed by atoms with Gasteiger partial charge in [0, 0.05) is 19.1 Å². The van der Waals surface area contributed by atoms with E-state index in [9.17, 15) is 0 Å². The van der Waals surface area contributed by atoms with E-state index in [1.807, 2.05) is 0 Å². The SMILES string of the molecule is C=C(CNC1CC1)CN(CCCC)CCCC. The van der Waals surface area contributed by atoms with Crippen LogP contribution >= 0.6 is 0 Å². The van der Waals surface area contributed by atoms with Gasteiger partial charge in [-0.1, -0.05) is 33.3 Å². The molecule has 0 heterocycles. The molecule has 0 amide bonds. The molecule has 0 spiro atoms. The van der Waals surface area contributed by atoms with Crippen LogP contribution in [-0.4, -0.2) is 37.1 Å². The molecule has 1 N–H and O–H groups in total. The summed E-state index contributed by atoms with van der Waals surface area (Å²) in [5.41, 5.74) is 1.35. The van der Waals surface area contributed by atoms with Crippen molar-refractivity contribution < 1.29 is 0 Å². The predicted molar refractivity (Wildman–Crippen MR) is 76.4 cm³/mol. The van der Waals surface area contributed by atoms with E-state index in [1.54, 1.807) is 0 Å². The molecule has 0 saturated heterocycles. The molecule has 0 unspecified atom stereocenters. The largest absolute Gasteiger partial charge is 0.310 e. The summed E-state index contributed by atoms with van der Waals surface area (Å²) in [6, 6.07) is 0.798. The molecular weight excluding hydrogens is 208 g/mol. The van der Waals surface area contributed by atoms with Crippen molar-refractivity contribution in [1.29, 1.82) is 0 Å². The Morgan fingerprint density at radius 3 is 2.24 bits per heavy atom. The van der Waals surface area contributed by atoms with Crippen LogP contribution < -0.4 is 5.32 Å². The van der Waals surface area contributed by atoms with Gasteiger partial charge in [0.1, 0.15) is 0 Å². The van der Waals surface area contributed by atoms with E-state index in [0.29, 0.717) is 0 Å². The van der Waals surface area contributed by atoms with Crippen molar-refractivity contribution in [1.82, 2.24) is 10.2 Å². The van der Waals surface area contributed by atoms with Gasteiger partial charge in [0.05, 0.1) is 0 Å². The zero-order valence-corrected chi connectivity index (χ0v) is 11.8. The van der Waals surface area contributed by atoms with Crippen LogP contribution in [0.5, 0.6) is 0 Å². The smallest absolute Gasteiger partial charge is 0.0202 e. The van der Waals surface area contributed by atoms with Crippen LogP contribution in [-0.2, 0) is 0 Å². The second-order valence-corrected chi connectivity index (χ2v) is 5.39. The average molecular weight is 238 g/mol. The molecule has 2 nitrogen and oxygen atoms in total. The lowest BCUT2D eigenvalue weighted by atomic mass is 10.2. The molecule has 0 atom stereocenters. The summed E-state index contributed by atoms with van der Waals surface area (Å²) >= 11 is 0. The number of hydrogen-bond donors (Lipinski definition) is 1.